The second-order valence-corrected chi connectivity index (χ2v) is 4.09. The summed E-state index contributed by atoms with van der Waals surface area (Å²) in [6, 6.07) is 8.81. The average molecular weight is 283 g/mol. The van der Waals surface area contributed by atoms with Crippen LogP contribution in [0.2, 0.25) is 5.02 Å². The maximum Gasteiger partial charge on any atom is 0.323 e. The number of carbonyl (C=O) groups excluding carboxylic acids is 1. The molecule has 0 atom stereocenters. The van der Waals surface area contributed by atoms with Crippen LogP contribution in [-0.4, -0.2) is 6.03 Å². The lowest BCUT2D eigenvalue weighted by atomic mass is 10.3. The van der Waals surface area contributed by atoms with Crippen LogP contribution < -0.4 is 10.6 Å². The summed E-state index contributed by atoms with van der Waals surface area (Å²) in [7, 11) is 0. The first-order chi connectivity index (χ1) is 9.06. The molecule has 19 heavy (non-hydrogen) atoms. The molecule has 0 saturated carbocycles. The van der Waals surface area contributed by atoms with Gasteiger partial charge < -0.3 is 10.6 Å². The molecule has 0 radical (unpaired) electrons. The Morgan fingerprint density at radius 1 is 1.00 bits per heavy atom. The number of nitrogens with one attached hydrogen (secondary N) is 2. The van der Waals surface area contributed by atoms with Crippen LogP contribution in [-0.2, 0) is 0 Å². The van der Waals surface area contributed by atoms with Crippen molar-refractivity contribution in [3.63, 3.8) is 0 Å². The highest BCUT2D eigenvalue weighted by Crippen LogP contribution is 2.22. The summed E-state index contributed by atoms with van der Waals surface area (Å²) in [5.41, 5.74) is 0.355. The number of urea groups is 1. The molecule has 2 aromatic carbocycles. The summed E-state index contributed by atoms with van der Waals surface area (Å²) in [4.78, 5) is 11.6. The molecular weight excluding hydrogens is 274 g/mol. The molecule has 0 saturated heterocycles. The van der Waals surface area contributed by atoms with Crippen molar-refractivity contribution >= 4 is 29.0 Å². The van der Waals surface area contributed by atoms with E-state index in [0.717, 1.165) is 0 Å². The van der Waals surface area contributed by atoms with Crippen LogP contribution in [0.3, 0.4) is 0 Å². The molecule has 0 spiro atoms. The molecule has 6 heteroatoms. The van der Waals surface area contributed by atoms with Gasteiger partial charge >= 0.3 is 6.03 Å². The van der Waals surface area contributed by atoms with Crippen LogP contribution in [0.1, 0.15) is 0 Å². The molecule has 0 aliphatic rings. The summed E-state index contributed by atoms with van der Waals surface area (Å²) in [5.74, 6) is -1.12. The third kappa shape index (κ3) is 3.42. The molecule has 0 fully saturated rings. The van der Waals surface area contributed by atoms with Gasteiger partial charge in [0.25, 0.3) is 0 Å². The van der Waals surface area contributed by atoms with E-state index in [4.69, 9.17) is 11.6 Å². The zero-order chi connectivity index (χ0) is 13.8. The molecule has 0 aliphatic heterocycles. The standard InChI is InChI=1S/C13H9ClF2N2O/c14-10-2-1-3-11(12(10)16)18-13(19)17-9-6-4-8(15)5-7-9/h1-7H,(H2,17,18,19). The summed E-state index contributed by atoms with van der Waals surface area (Å²) >= 11 is 5.59. The monoisotopic (exact) mass is 282 g/mol. The Hall–Kier alpha value is -2.14. The number of halogens is 3. The zero-order valence-corrected chi connectivity index (χ0v) is 10.3. The minimum absolute atomic E-state index is 0.0351. The first-order valence-electron chi connectivity index (χ1n) is 5.34. The fourth-order valence-corrected chi connectivity index (χ4v) is 1.59. The van der Waals surface area contributed by atoms with Crippen molar-refractivity contribution in [1.82, 2.24) is 0 Å². The first kappa shape index (κ1) is 13.3. The number of rotatable bonds is 2. The quantitative estimate of drug-likeness (QED) is 0.849. The van der Waals surface area contributed by atoms with Gasteiger partial charge in [-0.2, -0.15) is 0 Å². The molecule has 3 nitrogen and oxygen atoms in total. The van der Waals surface area contributed by atoms with Crippen molar-refractivity contribution in [3.8, 4) is 0 Å². The van der Waals surface area contributed by atoms with Crippen LogP contribution in [0.25, 0.3) is 0 Å². The van der Waals surface area contributed by atoms with Crippen molar-refractivity contribution in [3.05, 3.63) is 59.1 Å². The highest BCUT2D eigenvalue weighted by molar-refractivity contribution is 6.31. The van der Waals surface area contributed by atoms with Gasteiger partial charge in [0.05, 0.1) is 10.7 Å². The molecule has 0 bridgehead atoms. The number of carbonyl (C=O) groups is 1. The Labute approximate surface area is 113 Å². The smallest absolute Gasteiger partial charge is 0.308 e. The first-order valence-corrected chi connectivity index (χ1v) is 5.71. The lowest BCUT2D eigenvalue weighted by Gasteiger charge is -2.08. The van der Waals surface area contributed by atoms with E-state index in [2.05, 4.69) is 10.6 Å². The Bertz CT molecular complexity index is 602. The van der Waals surface area contributed by atoms with Gasteiger partial charge in [-0.1, -0.05) is 17.7 Å². The molecular formula is C13H9ClF2N2O. The van der Waals surface area contributed by atoms with Crippen molar-refractivity contribution in [2.45, 2.75) is 0 Å². The number of benzene rings is 2. The van der Waals surface area contributed by atoms with Crippen molar-refractivity contribution in [2.24, 2.45) is 0 Å². The molecule has 0 aliphatic carbocycles. The maximum absolute atomic E-state index is 13.5. The Kier molecular flexibility index (Phi) is 3.97. The molecule has 98 valence electrons. The fourth-order valence-electron chi connectivity index (χ4n) is 1.42. The predicted molar refractivity (Wildman–Crippen MR) is 70.5 cm³/mol. The fraction of sp³-hybridized carbons (Fsp3) is 0. The van der Waals surface area contributed by atoms with Crippen LogP contribution in [0.15, 0.2) is 42.5 Å². The summed E-state index contributed by atoms with van der Waals surface area (Å²) in [6.07, 6.45) is 0. The van der Waals surface area contributed by atoms with Gasteiger partial charge in [-0.05, 0) is 36.4 Å². The Balaban J connectivity index is 2.05. The molecule has 0 aromatic heterocycles. The summed E-state index contributed by atoms with van der Waals surface area (Å²) in [6.45, 7) is 0. The third-order valence-corrected chi connectivity index (χ3v) is 2.59. The van der Waals surface area contributed by atoms with Gasteiger partial charge in [0.2, 0.25) is 0 Å². The molecule has 2 amide bonds. The summed E-state index contributed by atoms with van der Waals surface area (Å²) < 4.78 is 26.2. The summed E-state index contributed by atoms with van der Waals surface area (Å²) in [5, 5.41) is 4.66. The number of hydrogen-bond acceptors (Lipinski definition) is 1. The van der Waals surface area contributed by atoms with E-state index in [-0.39, 0.29) is 10.7 Å². The Morgan fingerprint density at radius 2 is 1.68 bits per heavy atom. The maximum atomic E-state index is 13.5. The SMILES string of the molecule is O=C(Nc1ccc(F)cc1)Nc1cccc(Cl)c1F. The minimum Gasteiger partial charge on any atom is -0.308 e. The number of anilines is 2. The van der Waals surface area contributed by atoms with Crippen molar-refractivity contribution in [1.29, 1.82) is 0 Å². The van der Waals surface area contributed by atoms with E-state index in [1.54, 1.807) is 0 Å². The Morgan fingerprint density at radius 3 is 2.37 bits per heavy atom. The lowest BCUT2D eigenvalue weighted by Crippen LogP contribution is -2.20. The number of hydrogen-bond donors (Lipinski definition) is 2. The van der Waals surface area contributed by atoms with Gasteiger partial charge in [0.15, 0.2) is 5.82 Å². The molecule has 2 aromatic rings. The van der Waals surface area contributed by atoms with Gasteiger partial charge in [0.1, 0.15) is 5.82 Å². The van der Waals surface area contributed by atoms with Gasteiger partial charge in [0, 0.05) is 5.69 Å². The topological polar surface area (TPSA) is 41.1 Å². The highest BCUT2D eigenvalue weighted by atomic mass is 35.5. The van der Waals surface area contributed by atoms with E-state index in [0.29, 0.717) is 5.69 Å². The normalized spacial score (nSPS) is 10.1. The van der Waals surface area contributed by atoms with Gasteiger partial charge in [-0.15, -0.1) is 0 Å². The molecule has 0 heterocycles. The third-order valence-electron chi connectivity index (χ3n) is 2.30. The average Bonchev–Trinajstić information content (AvgIpc) is 2.38. The van der Waals surface area contributed by atoms with E-state index < -0.39 is 17.7 Å². The molecule has 0 unspecified atom stereocenters. The van der Waals surface area contributed by atoms with Gasteiger partial charge in [-0.25, -0.2) is 13.6 Å². The van der Waals surface area contributed by atoms with Crippen molar-refractivity contribution < 1.29 is 13.6 Å². The largest absolute Gasteiger partial charge is 0.323 e. The highest BCUT2D eigenvalue weighted by Gasteiger charge is 2.09. The van der Waals surface area contributed by atoms with E-state index in [1.165, 1.54) is 42.5 Å². The second-order valence-electron chi connectivity index (χ2n) is 3.69. The predicted octanol–water partition coefficient (Wildman–Crippen LogP) is 4.26. The van der Waals surface area contributed by atoms with E-state index >= 15 is 0 Å². The van der Waals surface area contributed by atoms with Crippen LogP contribution in [0, 0.1) is 11.6 Å². The zero-order valence-electron chi connectivity index (χ0n) is 9.58. The van der Waals surface area contributed by atoms with Crippen LogP contribution in [0.5, 0.6) is 0 Å². The number of amides is 2. The lowest BCUT2D eigenvalue weighted by molar-refractivity contribution is 0.262. The van der Waals surface area contributed by atoms with Crippen LogP contribution in [0.4, 0.5) is 25.0 Å². The van der Waals surface area contributed by atoms with Crippen LogP contribution >= 0.6 is 11.6 Å². The van der Waals surface area contributed by atoms with Crippen molar-refractivity contribution in [2.75, 3.05) is 10.6 Å². The molecule has 2 N–H and O–H groups in total. The van der Waals surface area contributed by atoms with E-state index in [1.807, 2.05) is 0 Å². The van der Waals surface area contributed by atoms with Gasteiger partial charge in [-0.3, -0.25) is 0 Å². The second kappa shape index (κ2) is 5.67. The van der Waals surface area contributed by atoms with E-state index in [9.17, 15) is 13.6 Å². The molecule has 2 rings (SSSR count). The minimum atomic E-state index is -0.710.